The molecule has 8 heteroatoms. The van der Waals surface area contributed by atoms with Gasteiger partial charge in [-0.15, -0.1) is 0 Å². The van der Waals surface area contributed by atoms with Crippen molar-refractivity contribution < 1.29 is 19.4 Å². The number of hydrogen-bond acceptors (Lipinski definition) is 6. The number of aliphatic hydroxyl groups excluding tert-OH is 1. The van der Waals surface area contributed by atoms with E-state index in [1.165, 1.54) is 5.56 Å². The van der Waals surface area contributed by atoms with Gasteiger partial charge in [0.2, 0.25) is 0 Å². The fourth-order valence-corrected chi connectivity index (χ4v) is 6.37. The van der Waals surface area contributed by atoms with Crippen LogP contribution in [0, 0.1) is 5.92 Å². The van der Waals surface area contributed by atoms with Gasteiger partial charge in [0.25, 0.3) is 0 Å². The number of carbonyl (C=O) groups is 1. The summed E-state index contributed by atoms with van der Waals surface area (Å²) in [4.78, 5) is 17.4. The number of piperazine rings is 1. The van der Waals surface area contributed by atoms with Crippen molar-refractivity contribution in [3.63, 3.8) is 0 Å². The van der Waals surface area contributed by atoms with E-state index in [1.807, 2.05) is 66.7 Å². The number of benzene rings is 4. The summed E-state index contributed by atoms with van der Waals surface area (Å²) in [6.07, 6.45) is -0.693. The molecule has 0 unspecified atom stereocenters. The normalized spacial score (nSPS) is 22.1. The molecule has 3 N–H and O–H groups in total. The van der Waals surface area contributed by atoms with Gasteiger partial charge in [0.1, 0.15) is 0 Å². The van der Waals surface area contributed by atoms with Crippen molar-refractivity contribution in [3.05, 3.63) is 143 Å². The summed E-state index contributed by atoms with van der Waals surface area (Å²) >= 11 is 0. The second kappa shape index (κ2) is 16.2. The summed E-state index contributed by atoms with van der Waals surface area (Å²) in [6.45, 7) is 9.02. The van der Waals surface area contributed by atoms with Gasteiger partial charge in [0.05, 0.1) is 18.8 Å². The predicted molar refractivity (Wildman–Crippen MR) is 183 cm³/mol. The molecule has 246 valence electrons. The molecular weight excluding hydrogens is 588 g/mol. The third-order valence-electron chi connectivity index (χ3n) is 9.28. The van der Waals surface area contributed by atoms with Gasteiger partial charge in [-0.2, -0.15) is 0 Å². The molecule has 2 aliphatic heterocycles. The molecule has 0 aliphatic carbocycles. The minimum absolute atomic E-state index is 0.0157. The van der Waals surface area contributed by atoms with E-state index in [4.69, 9.17) is 9.47 Å². The molecule has 2 aliphatic rings. The van der Waals surface area contributed by atoms with Crippen molar-refractivity contribution in [1.82, 2.24) is 20.4 Å². The fourth-order valence-electron chi connectivity index (χ4n) is 6.37. The maximum Gasteiger partial charge on any atom is 0.315 e. The monoisotopic (exact) mass is 634 g/mol. The van der Waals surface area contributed by atoms with Crippen LogP contribution in [-0.4, -0.2) is 59.8 Å². The molecule has 0 bridgehead atoms. The zero-order valence-corrected chi connectivity index (χ0v) is 27.1. The second-order valence-electron chi connectivity index (χ2n) is 12.6. The Morgan fingerprint density at radius 2 is 1.21 bits per heavy atom. The molecule has 6 rings (SSSR count). The Kier molecular flexibility index (Phi) is 11.3. The maximum atomic E-state index is 12.4. The highest BCUT2D eigenvalue weighted by atomic mass is 16.7. The van der Waals surface area contributed by atoms with Gasteiger partial charge < -0.3 is 25.2 Å². The van der Waals surface area contributed by atoms with E-state index in [0.717, 1.165) is 67.1 Å². The Bertz CT molecular complexity index is 1530. The Balaban J connectivity index is 1.08. The minimum atomic E-state index is -0.519. The molecule has 4 aromatic rings. The molecular formula is C39H46N4O4. The van der Waals surface area contributed by atoms with Crippen molar-refractivity contribution in [2.24, 2.45) is 5.92 Å². The van der Waals surface area contributed by atoms with E-state index in [9.17, 15) is 9.90 Å². The maximum absolute atomic E-state index is 12.4. The highest BCUT2D eigenvalue weighted by Crippen LogP contribution is 2.42. The zero-order valence-electron chi connectivity index (χ0n) is 27.1. The van der Waals surface area contributed by atoms with Gasteiger partial charge in [0.15, 0.2) is 6.29 Å². The molecule has 2 fully saturated rings. The number of ether oxygens (including phenoxy) is 2. The van der Waals surface area contributed by atoms with Crippen LogP contribution in [0.4, 0.5) is 4.79 Å². The van der Waals surface area contributed by atoms with Crippen LogP contribution >= 0.6 is 0 Å². The van der Waals surface area contributed by atoms with Crippen molar-refractivity contribution in [1.29, 1.82) is 0 Å². The molecule has 2 heterocycles. The summed E-state index contributed by atoms with van der Waals surface area (Å²) in [7, 11) is 0. The van der Waals surface area contributed by atoms with Gasteiger partial charge in [-0.05, 0) is 27.8 Å². The highest BCUT2D eigenvalue weighted by Gasteiger charge is 2.39. The van der Waals surface area contributed by atoms with Gasteiger partial charge in [-0.1, -0.05) is 116 Å². The number of aliphatic hydroxyl groups is 1. The molecule has 0 radical (unpaired) electrons. The molecule has 2 saturated heterocycles. The molecule has 0 saturated carbocycles. The Labute approximate surface area is 278 Å². The van der Waals surface area contributed by atoms with Gasteiger partial charge in [0, 0.05) is 63.8 Å². The van der Waals surface area contributed by atoms with E-state index in [-0.39, 0.29) is 30.8 Å². The largest absolute Gasteiger partial charge is 0.392 e. The van der Waals surface area contributed by atoms with Crippen LogP contribution < -0.4 is 10.6 Å². The van der Waals surface area contributed by atoms with Gasteiger partial charge in [-0.3, -0.25) is 9.80 Å². The first kappa shape index (κ1) is 32.9. The lowest BCUT2D eigenvalue weighted by atomic mass is 9.90. The van der Waals surface area contributed by atoms with Gasteiger partial charge >= 0.3 is 6.03 Å². The average Bonchev–Trinajstić information content (AvgIpc) is 3.12. The van der Waals surface area contributed by atoms with Crippen LogP contribution in [0.5, 0.6) is 0 Å². The van der Waals surface area contributed by atoms with Crippen molar-refractivity contribution in [2.75, 3.05) is 32.7 Å². The topological polar surface area (TPSA) is 86.3 Å². The van der Waals surface area contributed by atoms with E-state index < -0.39 is 6.29 Å². The standard InChI is InChI=1S/C39H46N4O4/c1-29-36(27-43-22-20-42(21-23-43)26-32-10-6-3-7-11-32)46-38(47-37(29)34-16-14-33(28-44)15-17-34)35-18-12-31(13-19-35)25-41-39(45)40-24-30-8-4-2-5-9-30/h2-19,29,36-38,44H,20-28H2,1H3,(H2,40,41,45)/t29-,36+,37+,38+/m1/s1. The first-order chi connectivity index (χ1) is 23.0. The summed E-state index contributed by atoms with van der Waals surface area (Å²) < 4.78 is 13.4. The molecule has 2 amide bonds. The summed E-state index contributed by atoms with van der Waals surface area (Å²) in [5.74, 6) is 0.131. The quantitative estimate of drug-likeness (QED) is 0.194. The van der Waals surface area contributed by atoms with Crippen LogP contribution in [0.3, 0.4) is 0 Å². The molecule has 0 aromatic heterocycles. The SMILES string of the molecule is C[C@@H]1[C@H](CN2CCN(Cc3ccccc3)CC2)O[C@H](c2ccc(CNC(=O)NCc3ccccc3)cc2)O[C@@H]1c1ccc(CO)cc1. The molecule has 4 atom stereocenters. The van der Waals surface area contributed by atoms with Crippen molar-refractivity contribution >= 4 is 6.03 Å². The van der Waals surface area contributed by atoms with Crippen LogP contribution in [0.15, 0.2) is 109 Å². The van der Waals surface area contributed by atoms with Gasteiger partial charge in [-0.25, -0.2) is 4.79 Å². The Morgan fingerprint density at radius 3 is 1.83 bits per heavy atom. The molecule has 0 spiro atoms. The Morgan fingerprint density at radius 1 is 0.681 bits per heavy atom. The van der Waals surface area contributed by atoms with Crippen LogP contribution in [0.25, 0.3) is 0 Å². The number of nitrogens with one attached hydrogen (secondary N) is 2. The zero-order chi connectivity index (χ0) is 32.4. The van der Waals surface area contributed by atoms with E-state index in [1.54, 1.807) is 0 Å². The molecule has 4 aromatic carbocycles. The average molecular weight is 635 g/mol. The molecule has 47 heavy (non-hydrogen) atoms. The van der Waals surface area contributed by atoms with E-state index in [2.05, 4.69) is 69.8 Å². The molecule has 8 nitrogen and oxygen atoms in total. The Hall–Kier alpha value is -4.05. The predicted octanol–water partition coefficient (Wildman–Crippen LogP) is 5.79. The lowest BCUT2D eigenvalue weighted by molar-refractivity contribution is -0.276. The van der Waals surface area contributed by atoms with Crippen molar-refractivity contribution in [2.45, 2.75) is 51.7 Å². The number of nitrogens with zero attached hydrogens (tertiary/aromatic N) is 2. The second-order valence-corrected chi connectivity index (χ2v) is 12.6. The highest BCUT2D eigenvalue weighted by molar-refractivity contribution is 5.73. The smallest absolute Gasteiger partial charge is 0.315 e. The lowest BCUT2D eigenvalue weighted by Gasteiger charge is -2.44. The van der Waals surface area contributed by atoms with Crippen molar-refractivity contribution in [3.8, 4) is 0 Å². The van der Waals surface area contributed by atoms with E-state index >= 15 is 0 Å². The summed E-state index contributed by atoms with van der Waals surface area (Å²) in [6, 6.07) is 36.5. The first-order valence-corrected chi connectivity index (χ1v) is 16.7. The van der Waals surface area contributed by atoms with E-state index in [0.29, 0.717) is 13.1 Å². The fraction of sp³-hybridized carbons (Fsp3) is 0.359. The third kappa shape index (κ3) is 9.06. The number of urea groups is 1. The lowest BCUT2D eigenvalue weighted by Crippen LogP contribution is -2.51. The number of carbonyl (C=O) groups excluding carboxylic acids is 1. The minimum Gasteiger partial charge on any atom is -0.392 e. The van der Waals surface area contributed by atoms with Crippen LogP contribution in [0.1, 0.15) is 52.7 Å². The number of amides is 2. The summed E-state index contributed by atoms with van der Waals surface area (Å²) in [5.41, 5.74) is 6.32. The first-order valence-electron chi connectivity index (χ1n) is 16.7. The number of rotatable bonds is 11. The van der Waals surface area contributed by atoms with Crippen LogP contribution in [-0.2, 0) is 35.7 Å². The third-order valence-corrected chi connectivity index (χ3v) is 9.28. The summed E-state index contributed by atoms with van der Waals surface area (Å²) in [5, 5.41) is 15.4. The number of hydrogen-bond donors (Lipinski definition) is 3. The van der Waals surface area contributed by atoms with Crippen LogP contribution in [0.2, 0.25) is 0 Å².